The molecule has 0 saturated carbocycles. The maximum absolute atomic E-state index is 2.46. The van der Waals surface area contributed by atoms with Crippen LogP contribution in [0.25, 0.3) is 131 Å². The van der Waals surface area contributed by atoms with Gasteiger partial charge in [-0.15, -0.1) is 0 Å². The Morgan fingerprint density at radius 3 is 0.969 bits per heavy atom. The molecule has 0 nitrogen and oxygen atoms in total. The second-order valence-electron chi connectivity index (χ2n) is 17.2. The Labute approximate surface area is 371 Å². The molecule has 0 heterocycles. The van der Waals surface area contributed by atoms with Crippen molar-refractivity contribution >= 4 is 75.4 Å². The van der Waals surface area contributed by atoms with Crippen LogP contribution in [-0.4, -0.2) is 0 Å². The van der Waals surface area contributed by atoms with Gasteiger partial charge in [0, 0.05) is 0 Å². The summed E-state index contributed by atoms with van der Waals surface area (Å²) in [5.74, 6) is 0. The molecule has 64 heavy (non-hydrogen) atoms. The molecule has 0 radical (unpaired) electrons. The monoisotopic (exact) mass is 808 g/mol. The van der Waals surface area contributed by atoms with Crippen LogP contribution in [0, 0.1) is 0 Å². The van der Waals surface area contributed by atoms with Gasteiger partial charge in [0.2, 0.25) is 0 Å². The summed E-state index contributed by atoms with van der Waals surface area (Å²) >= 11 is 0. The van der Waals surface area contributed by atoms with Crippen LogP contribution < -0.4 is 0 Å². The fourth-order valence-electron chi connectivity index (χ4n) is 10.5. The molecule has 0 atom stereocenters. The third-order valence-corrected chi connectivity index (χ3v) is 13.6. The van der Waals surface area contributed by atoms with Crippen molar-refractivity contribution in [1.82, 2.24) is 0 Å². The van der Waals surface area contributed by atoms with Crippen LogP contribution in [0.4, 0.5) is 0 Å². The largest absolute Gasteiger partial charge is 0.0616 e. The van der Waals surface area contributed by atoms with Crippen LogP contribution in [-0.2, 0) is 0 Å². The van der Waals surface area contributed by atoms with Crippen LogP contribution in [0.3, 0.4) is 0 Å². The standard InChI is InChI=1S/C64H40/c1-3-15-43-35-47(29-27-41(43)13-1)45-17-11-19-51(37-45)63-58-25-9-10-26-59(58)64(52-20-12-18-46(38-52)48-30-28-42-14-2-4-16-44(42)36-48)62-40-50(32-34-60(62)63)49-31-33-57-55-23-6-5-21-53(55)54-22-7-8-24-56(54)61(57)39-49/h1-40H. The summed E-state index contributed by atoms with van der Waals surface area (Å²) in [6.45, 7) is 0. The maximum Gasteiger partial charge on any atom is -0.00259 e. The summed E-state index contributed by atoms with van der Waals surface area (Å²) in [5.41, 5.74) is 12.2. The molecule has 0 aliphatic heterocycles. The lowest BCUT2D eigenvalue weighted by Crippen LogP contribution is -1.93. The van der Waals surface area contributed by atoms with Gasteiger partial charge in [-0.2, -0.15) is 0 Å². The Kier molecular flexibility index (Phi) is 8.32. The number of rotatable bonds is 5. The number of hydrogen-bond donors (Lipinski definition) is 0. The third kappa shape index (κ3) is 5.92. The van der Waals surface area contributed by atoms with Crippen molar-refractivity contribution in [2.45, 2.75) is 0 Å². The van der Waals surface area contributed by atoms with Crippen molar-refractivity contribution in [3.63, 3.8) is 0 Å². The molecule has 13 rings (SSSR count). The Balaban J connectivity index is 1.06. The van der Waals surface area contributed by atoms with Gasteiger partial charge in [0.15, 0.2) is 0 Å². The Hall–Kier alpha value is -8.32. The van der Waals surface area contributed by atoms with E-state index in [4.69, 9.17) is 0 Å². The molecule has 0 saturated heterocycles. The van der Waals surface area contributed by atoms with E-state index in [9.17, 15) is 0 Å². The summed E-state index contributed by atoms with van der Waals surface area (Å²) in [7, 11) is 0. The molecule has 0 bridgehead atoms. The van der Waals surface area contributed by atoms with Crippen LogP contribution >= 0.6 is 0 Å². The predicted molar refractivity (Wildman–Crippen MR) is 276 cm³/mol. The second-order valence-corrected chi connectivity index (χ2v) is 17.2. The summed E-state index contributed by atoms with van der Waals surface area (Å²) in [6, 6.07) is 90.2. The van der Waals surface area contributed by atoms with Crippen LogP contribution in [0.15, 0.2) is 243 Å². The highest BCUT2D eigenvalue weighted by Gasteiger charge is 2.19. The molecule has 13 aromatic rings. The minimum atomic E-state index is 1.20. The summed E-state index contributed by atoms with van der Waals surface area (Å²) in [5, 5.41) is 17.7. The zero-order chi connectivity index (χ0) is 42.1. The molecular weight excluding hydrogens is 769 g/mol. The van der Waals surface area contributed by atoms with Crippen molar-refractivity contribution in [1.29, 1.82) is 0 Å². The van der Waals surface area contributed by atoms with E-state index in [2.05, 4.69) is 243 Å². The zero-order valence-corrected chi connectivity index (χ0v) is 35.1. The second kappa shape index (κ2) is 14.7. The number of hydrogen-bond acceptors (Lipinski definition) is 0. The van der Waals surface area contributed by atoms with Gasteiger partial charge in [0.25, 0.3) is 0 Å². The first-order chi connectivity index (χ1) is 31.7. The quantitative estimate of drug-likeness (QED) is 0.120. The first-order valence-corrected chi connectivity index (χ1v) is 22.2. The van der Waals surface area contributed by atoms with E-state index in [0.717, 1.165) is 0 Å². The van der Waals surface area contributed by atoms with E-state index in [-0.39, 0.29) is 0 Å². The lowest BCUT2D eigenvalue weighted by Gasteiger charge is -2.20. The van der Waals surface area contributed by atoms with Gasteiger partial charge in [-0.1, -0.05) is 206 Å². The molecule has 0 N–H and O–H groups in total. The average Bonchev–Trinajstić information content (AvgIpc) is 3.37. The normalized spacial score (nSPS) is 11.8. The van der Waals surface area contributed by atoms with Crippen molar-refractivity contribution in [3.05, 3.63) is 243 Å². The van der Waals surface area contributed by atoms with E-state index in [1.54, 1.807) is 0 Å². The molecule has 0 fully saturated rings. The first kappa shape index (κ1) is 36.3. The average molecular weight is 809 g/mol. The molecule has 0 aromatic heterocycles. The molecule has 0 aliphatic carbocycles. The predicted octanol–water partition coefficient (Wildman–Crippen LogP) is 18.1. The lowest BCUT2D eigenvalue weighted by atomic mass is 9.83. The fourth-order valence-corrected chi connectivity index (χ4v) is 10.5. The number of fused-ring (bicyclic) bond motifs is 10. The topological polar surface area (TPSA) is 0 Å². The smallest absolute Gasteiger partial charge is 0.00259 e. The molecule has 0 amide bonds. The zero-order valence-electron chi connectivity index (χ0n) is 35.1. The van der Waals surface area contributed by atoms with Gasteiger partial charge in [-0.25, -0.2) is 0 Å². The lowest BCUT2D eigenvalue weighted by molar-refractivity contribution is 1.61. The van der Waals surface area contributed by atoms with Crippen molar-refractivity contribution < 1.29 is 0 Å². The highest BCUT2D eigenvalue weighted by Crippen LogP contribution is 2.47. The van der Waals surface area contributed by atoms with Gasteiger partial charge in [-0.05, 0) is 167 Å². The van der Waals surface area contributed by atoms with Gasteiger partial charge in [-0.3, -0.25) is 0 Å². The molecule has 13 aromatic carbocycles. The Bertz CT molecular complexity index is 3980. The third-order valence-electron chi connectivity index (χ3n) is 13.6. The molecule has 296 valence electrons. The molecule has 0 aliphatic rings. The van der Waals surface area contributed by atoms with Gasteiger partial charge in [0.1, 0.15) is 0 Å². The van der Waals surface area contributed by atoms with Crippen LogP contribution in [0.5, 0.6) is 0 Å². The van der Waals surface area contributed by atoms with E-state index in [1.807, 2.05) is 0 Å². The Morgan fingerprint density at radius 2 is 0.453 bits per heavy atom. The van der Waals surface area contributed by atoms with Crippen LogP contribution in [0.2, 0.25) is 0 Å². The fraction of sp³-hybridized carbons (Fsp3) is 0. The van der Waals surface area contributed by atoms with Crippen molar-refractivity contribution in [3.8, 4) is 55.6 Å². The Morgan fingerprint density at radius 1 is 0.141 bits per heavy atom. The van der Waals surface area contributed by atoms with E-state index in [1.165, 1.54) is 131 Å². The van der Waals surface area contributed by atoms with Crippen LogP contribution in [0.1, 0.15) is 0 Å². The van der Waals surface area contributed by atoms with Gasteiger partial charge < -0.3 is 0 Å². The summed E-state index contributed by atoms with van der Waals surface area (Å²) in [4.78, 5) is 0. The maximum atomic E-state index is 2.46. The summed E-state index contributed by atoms with van der Waals surface area (Å²) < 4.78 is 0. The number of benzene rings is 13. The van der Waals surface area contributed by atoms with E-state index >= 15 is 0 Å². The van der Waals surface area contributed by atoms with Gasteiger partial charge >= 0.3 is 0 Å². The highest BCUT2D eigenvalue weighted by atomic mass is 14.2. The highest BCUT2D eigenvalue weighted by molar-refractivity contribution is 6.26. The minimum Gasteiger partial charge on any atom is -0.0616 e. The molecular formula is C64H40. The molecule has 0 unspecified atom stereocenters. The minimum absolute atomic E-state index is 1.20. The first-order valence-electron chi connectivity index (χ1n) is 22.2. The van der Waals surface area contributed by atoms with Crippen molar-refractivity contribution in [2.75, 3.05) is 0 Å². The molecule has 0 spiro atoms. The SMILES string of the molecule is c1cc(-c2ccc3ccccc3c2)cc(-c2c3ccccc3c(-c3cccc(-c4ccc5ccccc5c4)c3)c3cc(-c4ccc5c6ccccc6c6ccccc6c5c4)ccc23)c1. The summed E-state index contributed by atoms with van der Waals surface area (Å²) in [6.07, 6.45) is 0. The van der Waals surface area contributed by atoms with E-state index in [0.29, 0.717) is 0 Å². The van der Waals surface area contributed by atoms with E-state index < -0.39 is 0 Å². The molecule has 0 heteroatoms. The van der Waals surface area contributed by atoms with Gasteiger partial charge in [0.05, 0.1) is 0 Å². The van der Waals surface area contributed by atoms with Crippen molar-refractivity contribution in [2.24, 2.45) is 0 Å².